The molecule has 3 rings (SSSR count). The van der Waals surface area contributed by atoms with E-state index in [9.17, 15) is 9.59 Å². The van der Waals surface area contributed by atoms with Crippen LogP contribution >= 0.6 is 0 Å². The molecular formula is C20H22N2O2. The van der Waals surface area contributed by atoms with E-state index in [2.05, 4.69) is 5.32 Å². The van der Waals surface area contributed by atoms with Crippen LogP contribution in [0.1, 0.15) is 34.3 Å². The van der Waals surface area contributed by atoms with Crippen LogP contribution in [0, 0.1) is 6.92 Å². The molecule has 0 unspecified atom stereocenters. The molecule has 1 aliphatic heterocycles. The number of anilines is 1. The monoisotopic (exact) mass is 322 g/mol. The van der Waals surface area contributed by atoms with Gasteiger partial charge in [-0.2, -0.15) is 0 Å². The van der Waals surface area contributed by atoms with Crippen molar-refractivity contribution in [2.24, 2.45) is 0 Å². The lowest BCUT2D eigenvalue weighted by Crippen LogP contribution is -2.27. The molecule has 4 heteroatoms. The summed E-state index contributed by atoms with van der Waals surface area (Å²) < 4.78 is 0. The number of carbonyl (C=O) groups is 2. The highest BCUT2D eigenvalue weighted by Gasteiger charge is 2.19. The van der Waals surface area contributed by atoms with E-state index in [-0.39, 0.29) is 11.8 Å². The van der Waals surface area contributed by atoms with Crippen molar-refractivity contribution in [3.8, 4) is 0 Å². The Kier molecular flexibility index (Phi) is 4.94. The first-order valence-corrected chi connectivity index (χ1v) is 8.37. The number of carbonyl (C=O) groups excluding carboxylic acids is 2. The second-order valence-electron chi connectivity index (χ2n) is 6.23. The molecule has 2 amide bonds. The lowest BCUT2D eigenvalue weighted by atomic mass is 10.1. The second-order valence-corrected chi connectivity index (χ2v) is 6.23. The van der Waals surface area contributed by atoms with E-state index in [1.54, 1.807) is 12.1 Å². The van der Waals surface area contributed by atoms with Crippen molar-refractivity contribution in [2.75, 3.05) is 18.4 Å². The Morgan fingerprint density at radius 3 is 2.54 bits per heavy atom. The molecule has 2 aromatic carbocycles. The Morgan fingerprint density at radius 2 is 1.79 bits per heavy atom. The fourth-order valence-corrected chi connectivity index (χ4v) is 3.02. The number of hydrogen-bond donors (Lipinski definition) is 1. The first-order chi connectivity index (χ1) is 11.6. The molecule has 1 fully saturated rings. The number of rotatable bonds is 4. The molecule has 1 saturated heterocycles. The van der Waals surface area contributed by atoms with Gasteiger partial charge >= 0.3 is 0 Å². The highest BCUT2D eigenvalue weighted by molar-refractivity contribution is 5.97. The standard InChI is InChI=1S/C20H22N2O2/c1-15-7-2-3-8-16(15)14-19(23)21-18-10-6-9-17(13-18)20(24)22-11-4-5-12-22/h2-3,6-10,13H,4-5,11-12,14H2,1H3,(H,21,23). The highest BCUT2D eigenvalue weighted by atomic mass is 16.2. The molecule has 1 N–H and O–H groups in total. The van der Waals surface area contributed by atoms with Crippen LogP contribution in [0.3, 0.4) is 0 Å². The van der Waals surface area contributed by atoms with Gasteiger partial charge in [-0.05, 0) is 49.1 Å². The van der Waals surface area contributed by atoms with E-state index >= 15 is 0 Å². The Bertz CT molecular complexity index is 749. The lowest BCUT2D eigenvalue weighted by Gasteiger charge is -2.16. The Labute approximate surface area is 142 Å². The summed E-state index contributed by atoms with van der Waals surface area (Å²) in [6, 6.07) is 15.0. The number of likely N-dealkylation sites (tertiary alicyclic amines) is 1. The number of nitrogens with one attached hydrogen (secondary N) is 1. The van der Waals surface area contributed by atoms with Gasteiger partial charge in [-0.3, -0.25) is 9.59 Å². The van der Waals surface area contributed by atoms with Crippen molar-refractivity contribution in [2.45, 2.75) is 26.2 Å². The first kappa shape index (κ1) is 16.2. The third-order valence-corrected chi connectivity index (χ3v) is 4.40. The smallest absolute Gasteiger partial charge is 0.253 e. The molecule has 0 atom stereocenters. The van der Waals surface area contributed by atoms with Crippen molar-refractivity contribution in [3.63, 3.8) is 0 Å². The maximum absolute atomic E-state index is 12.4. The Balaban J connectivity index is 1.67. The quantitative estimate of drug-likeness (QED) is 0.938. The van der Waals surface area contributed by atoms with Crippen LogP contribution in [0.15, 0.2) is 48.5 Å². The van der Waals surface area contributed by atoms with E-state index < -0.39 is 0 Å². The van der Waals surface area contributed by atoms with Crippen LogP contribution in [0.5, 0.6) is 0 Å². The third-order valence-electron chi connectivity index (χ3n) is 4.40. The number of hydrogen-bond acceptors (Lipinski definition) is 2. The molecule has 0 spiro atoms. The zero-order chi connectivity index (χ0) is 16.9. The van der Waals surface area contributed by atoms with Crippen LogP contribution in [0.25, 0.3) is 0 Å². The topological polar surface area (TPSA) is 49.4 Å². The number of benzene rings is 2. The van der Waals surface area contributed by atoms with Crippen LogP contribution in [-0.4, -0.2) is 29.8 Å². The molecule has 4 nitrogen and oxygen atoms in total. The SMILES string of the molecule is Cc1ccccc1CC(=O)Nc1cccc(C(=O)N2CCCC2)c1. The molecule has 0 aliphatic carbocycles. The fraction of sp³-hybridized carbons (Fsp3) is 0.300. The van der Waals surface area contributed by atoms with E-state index in [0.717, 1.165) is 37.1 Å². The molecule has 1 aliphatic rings. The summed E-state index contributed by atoms with van der Waals surface area (Å²) in [5, 5.41) is 2.89. The molecule has 0 radical (unpaired) electrons. The van der Waals surface area contributed by atoms with Crippen molar-refractivity contribution in [1.82, 2.24) is 4.90 Å². The zero-order valence-electron chi connectivity index (χ0n) is 13.9. The van der Waals surface area contributed by atoms with Crippen molar-refractivity contribution in [3.05, 3.63) is 65.2 Å². The summed E-state index contributed by atoms with van der Waals surface area (Å²) in [5.41, 5.74) is 3.41. The van der Waals surface area contributed by atoms with Crippen LogP contribution < -0.4 is 5.32 Å². The van der Waals surface area contributed by atoms with E-state index in [0.29, 0.717) is 17.7 Å². The van der Waals surface area contributed by atoms with Crippen LogP contribution in [0.2, 0.25) is 0 Å². The molecule has 0 saturated carbocycles. The summed E-state index contributed by atoms with van der Waals surface area (Å²) in [4.78, 5) is 26.6. The minimum atomic E-state index is -0.0740. The average Bonchev–Trinajstić information content (AvgIpc) is 3.11. The molecule has 0 aromatic heterocycles. The van der Waals surface area contributed by atoms with Crippen molar-refractivity contribution in [1.29, 1.82) is 0 Å². The van der Waals surface area contributed by atoms with Crippen molar-refractivity contribution >= 4 is 17.5 Å². The number of nitrogens with zero attached hydrogens (tertiary/aromatic N) is 1. The normalized spacial score (nSPS) is 13.8. The predicted molar refractivity (Wildman–Crippen MR) is 95.1 cm³/mol. The van der Waals surface area contributed by atoms with Gasteiger partial charge < -0.3 is 10.2 Å². The van der Waals surface area contributed by atoms with E-state index in [1.165, 1.54) is 0 Å². The number of aryl methyl sites for hydroxylation is 1. The van der Waals surface area contributed by atoms with Gasteiger partial charge in [-0.1, -0.05) is 30.3 Å². The number of amides is 2. The van der Waals surface area contributed by atoms with Gasteiger partial charge in [-0.25, -0.2) is 0 Å². The lowest BCUT2D eigenvalue weighted by molar-refractivity contribution is -0.115. The van der Waals surface area contributed by atoms with Crippen LogP contribution in [0.4, 0.5) is 5.69 Å². The molecule has 124 valence electrons. The summed E-state index contributed by atoms with van der Waals surface area (Å²) in [6.45, 7) is 3.64. The first-order valence-electron chi connectivity index (χ1n) is 8.37. The highest BCUT2D eigenvalue weighted by Crippen LogP contribution is 2.17. The second kappa shape index (κ2) is 7.30. The van der Waals surface area contributed by atoms with Gasteiger partial charge in [0.1, 0.15) is 0 Å². The minimum absolute atomic E-state index is 0.0440. The summed E-state index contributed by atoms with van der Waals surface area (Å²) in [6.07, 6.45) is 2.47. The Morgan fingerprint density at radius 1 is 1.04 bits per heavy atom. The van der Waals surface area contributed by atoms with Crippen molar-refractivity contribution < 1.29 is 9.59 Å². The average molecular weight is 322 g/mol. The largest absolute Gasteiger partial charge is 0.339 e. The molecule has 0 bridgehead atoms. The van der Waals surface area contributed by atoms with Gasteiger partial charge in [0, 0.05) is 24.3 Å². The van der Waals surface area contributed by atoms with Gasteiger partial charge in [-0.15, -0.1) is 0 Å². The maximum atomic E-state index is 12.4. The van der Waals surface area contributed by atoms with Gasteiger partial charge in [0.05, 0.1) is 6.42 Å². The summed E-state index contributed by atoms with van der Waals surface area (Å²) in [7, 11) is 0. The molecule has 1 heterocycles. The van der Waals surface area contributed by atoms with Crippen LogP contribution in [-0.2, 0) is 11.2 Å². The van der Waals surface area contributed by atoms with E-state index in [4.69, 9.17) is 0 Å². The van der Waals surface area contributed by atoms with Gasteiger partial charge in [0.25, 0.3) is 5.91 Å². The summed E-state index contributed by atoms with van der Waals surface area (Å²) >= 11 is 0. The maximum Gasteiger partial charge on any atom is 0.253 e. The predicted octanol–water partition coefficient (Wildman–Crippen LogP) is 3.41. The molecule has 2 aromatic rings. The van der Waals surface area contributed by atoms with Gasteiger partial charge in [0.15, 0.2) is 0 Å². The molecule has 24 heavy (non-hydrogen) atoms. The van der Waals surface area contributed by atoms with Gasteiger partial charge in [0.2, 0.25) is 5.91 Å². The Hall–Kier alpha value is -2.62. The fourth-order valence-electron chi connectivity index (χ4n) is 3.02. The molecular weight excluding hydrogens is 300 g/mol. The third kappa shape index (κ3) is 3.82. The minimum Gasteiger partial charge on any atom is -0.339 e. The summed E-state index contributed by atoms with van der Waals surface area (Å²) in [5.74, 6) is -0.0300. The van der Waals surface area contributed by atoms with E-state index in [1.807, 2.05) is 48.2 Å². The zero-order valence-corrected chi connectivity index (χ0v) is 13.9.